The minimum absolute atomic E-state index is 0.0293. The second kappa shape index (κ2) is 6.86. The monoisotopic (exact) mass is 309 g/mol. The van der Waals surface area contributed by atoms with Crippen molar-refractivity contribution in [1.82, 2.24) is 14.9 Å². The van der Waals surface area contributed by atoms with Gasteiger partial charge >= 0.3 is 12.0 Å². The summed E-state index contributed by atoms with van der Waals surface area (Å²) in [7, 11) is -3.44. The fraction of sp³-hybridized carbons (Fsp3) is 0.800. The highest BCUT2D eigenvalue weighted by atomic mass is 32.2. The number of hydrogen-bond acceptors (Lipinski definition) is 5. The Bertz CT molecular complexity index is 466. The summed E-state index contributed by atoms with van der Waals surface area (Å²) in [6, 6.07) is -1.78. The average Bonchev–Trinajstić information content (AvgIpc) is 2.71. The Morgan fingerprint density at radius 1 is 1.40 bits per heavy atom. The summed E-state index contributed by atoms with van der Waals surface area (Å²) in [5, 5.41) is 20.7. The quantitative estimate of drug-likeness (QED) is 0.455. The number of β-amino-alcohol motifs (C(OH)–C–C–N with tert-alkyl or cyclic N) is 1. The van der Waals surface area contributed by atoms with Crippen LogP contribution in [0.2, 0.25) is 0 Å². The van der Waals surface area contributed by atoms with E-state index >= 15 is 0 Å². The number of carbonyl (C=O) groups excluding carboxylic acids is 1. The molecule has 1 heterocycles. The smallest absolute Gasteiger partial charge is 0.326 e. The Kier molecular flexibility index (Phi) is 5.72. The van der Waals surface area contributed by atoms with Crippen LogP contribution in [-0.2, 0) is 14.8 Å². The minimum Gasteiger partial charge on any atom is -0.480 e. The van der Waals surface area contributed by atoms with Gasteiger partial charge in [-0.1, -0.05) is 6.92 Å². The van der Waals surface area contributed by atoms with E-state index < -0.39 is 34.2 Å². The highest BCUT2D eigenvalue weighted by Crippen LogP contribution is 2.17. The van der Waals surface area contributed by atoms with Gasteiger partial charge in [0.2, 0.25) is 10.0 Å². The molecule has 2 atom stereocenters. The first-order chi connectivity index (χ1) is 9.26. The Morgan fingerprint density at radius 3 is 2.60 bits per heavy atom. The lowest BCUT2D eigenvalue weighted by molar-refractivity contribution is -0.141. The van der Waals surface area contributed by atoms with Gasteiger partial charge in [0, 0.05) is 26.1 Å². The number of aliphatic hydroxyl groups excluding tert-OH is 1. The molecule has 2 amide bonds. The van der Waals surface area contributed by atoms with Crippen molar-refractivity contribution < 1.29 is 28.2 Å². The first-order valence-electron chi connectivity index (χ1n) is 6.19. The van der Waals surface area contributed by atoms with Gasteiger partial charge in [0.1, 0.15) is 6.04 Å². The van der Waals surface area contributed by atoms with Crippen molar-refractivity contribution in [2.24, 2.45) is 0 Å². The van der Waals surface area contributed by atoms with E-state index in [0.29, 0.717) is 0 Å². The SMILES string of the molecule is CCNS(=O)(=O)CCNC(=O)N1C[C@@H](O)C[C@H]1C(=O)O. The summed E-state index contributed by atoms with van der Waals surface area (Å²) < 4.78 is 25.0. The molecule has 0 aromatic rings. The number of carbonyl (C=O) groups is 2. The van der Waals surface area contributed by atoms with Gasteiger partial charge in [0.25, 0.3) is 0 Å². The number of likely N-dealkylation sites (tertiary alicyclic amines) is 1. The first-order valence-corrected chi connectivity index (χ1v) is 7.84. The highest BCUT2D eigenvalue weighted by molar-refractivity contribution is 7.89. The van der Waals surface area contributed by atoms with Crippen LogP contribution in [0.25, 0.3) is 0 Å². The summed E-state index contributed by atoms with van der Waals surface area (Å²) in [4.78, 5) is 23.7. The molecule has 1 aliphatic rings. The molecule has 0 aliphatic carbocycles. The third kappa shape index (κ3) is 4.62. The third-order valence-corrected chi connectivity index (χ3v) is 4.31. The van der Waals surface area contributed by atoms with Crippen LogP contribution in [0.3, 0.4) is 0 Å². The van der Waals surface area contributed by atoms with Crippen LogP contribution >= 0.6 is 0 Å². The second-order valence-electron chi connectivity index (χ2n) is 4.44. The Labute approximate surface area is 117 Å². The summed E-state index contributed by atoms with van der Waals surface area (Å²) in [6.45, 7) is 1.69. The van der Waals surface area contributed by atoms with E-state index in [2.05, 4.69) is 10.0 Å². The summed E-state index contributed by atoms with van der Waals surface area (Å²) in [5.74, 6) is -1.49. The molecule has 4 N–H and O–H groups in total. The Balaban J connectivity index is 2.48. The van der Waals surface area contributed by atoms with E-state index in [1.165, 1.54) is 0 Å². The van der Waals surface area contributed by atoms with Gasteiger partial charge in [-0.3, -0.25) is 0 Å². The number of carboxylic acids is 1. The summed E-state index contributed by atoms with van der Waals surface area (Å²) in [5.41, 5.74) is 0. The van der Waals surface area contributed by atoms with E-state index in [9.17, 15) is 23.1 Å². The molecule has 10 heteroatoms. The Hall–Kier alpha value is -1.39. The van der Waals surface area contributed by atoms with Crippen molar-refractivity contribution >= 4 is 22.0 Å². The number of sulfonamides is 1. The molecule has 0 aromatic heterocycles. The maximum Gasteiger partial charge on any atom is 0.326 e. The first kappa shape index (κ1) is 16.7. The number of urea groups is 1. The molecule has 0 bridgehead atoms. The molecule has 1 saturated heterocycles. The van der Waals surface area contributed by atoms with Crippen LogP contribution in [0.1, 0.15) is 13.3 Å². The minimum atomic E-state index is -3.44. The number of nitrogens with zero attached hydrogens (tertiary/aromatic N) is 1. The fourth-order valence-corrected chi connectivity index (χ4v) is 2.91. The molecule has 0 spiro atoms. The van der Waals surface area contributed by atoms with E-state index in [1.54, 1.807) is 6.92 Å². The number of carboxylic acid groups (broad SMARTS) is 1. The van der Waals surface area contributed by atoms with Crippen molar-refractivity contribution in [2.75, 3.05) is 25.4 Å². The normalized spacial score (nSPS) is 22.8. The van der Waals surface area contributed by atoms with E-state index in [-0.39, 0.29) is 31.8 Å². The van der Waals surface area contributed by atoms with Gasteiger partial charge in [-0.2, -0.15) is 0 Å². The van der Waals surface area contributed by atoms with Gasteiger partial charge in [-0.15, -0.1) is 0 Å². The zero-order chi connectivity index (χ0) is 15.3. The lowest BCUT2D eigenvalue weighted by Crippen LogP contribution is -2.47. The largest absolute Gasteiger partial charge is 0.480 e. The molecule has 0 radical (unpaired) electrons. The predicted molar refractivity (Wildman–Crippen MR) is 69.6 cm³/mol. The molecule has 0 unspecified atom stereocenters. The maximum absolute atomic E-state index is 11.8. The van der Waals surface area contributed by atoms with E-state index in [0.717, 1.165) is 4.90 Å². The standard InChI is InChI=1S/C10H19N3O6S/c1-2-12-20(18,19)4-3-11-10(17)13-6-7(14)5-8(13)9(15)16/h7-8,12,14H,2-6H2,1H3,(H,11,17)(H,15,16)/t7-,8-/m0/s1. The van der Waals surface area contributed by atoms with E-state index in [4.69, 9.17) is 5.11 Å². The molecular formula is C10H19N3O6S. The lowest BCUT2D eigenvalue weighted by atomic mass is 10.2. The van der Waals surface area contributed by atoms with Gasteiger partial charge in [0.15, 0.2) is 0 Å². The van der Waals surface area contributed by atoms with Crippen molar-refractivity contribution in [1.29, 1.82) is 0 Å². The number of rotatable bonds is 6. The summed E-state index contributed by atoms with van der Waals surface area (Å²) in [6.07, 6.45) is -0.911. The van der Waals surface area contributed by atoms with Gasteiger partial charge < -0.3 is 20.4 Å². The highest BCUT2D eigenvalue weighted by Gasteiger charge is 2.38. The van der Waals surface area contributed by atoms with Crippen LogP contribution in [0.15, 0.2) is 0 Å². The number of aliphatic carboxylic acids is 1. The number of nitrogens with one attached hydrogen (secondary N) is 2. The van der Waals surface area contributed by atoms with Crippen LogP contribution in [0.4, 0.5) is 4.79 Å². The molecule has 9 nitrogen and oxygen atoms in total. The lowest BCUT2D eigenvalue weighted by Gasteiger charge is -2.21. The number of amides is 2. The van der Waals surface area contributed by atoms with Crippen LogP contribution in [0, 0.1) is 0 Å². The molecule has 1 rings (SSSR count). The second-order valence-corrected chi connectivity index (χ2v) is 6.37. The third-order valence-electron chi connectivity index (χ3n) is 2.84. The zero-order valence-electron chi connectivity index (χ0n) is 11.1. The Morgan fingerprint density at radius 2 is 2.05 bits per heavy atom. The van der Waals surface area contributed by atoms with Crippen molar-refractivity contribution in [3.05, 3.63) is 0 Å². The molecule has 1 fully saturated rings. The molecule has 20 heavy (non-hydrogen) atoms. The van der Waals surface area contributed by atoms with Crippen molar-refractivity contribution in [3.8, 4) is 0 Å². The zero-order valence-corrected chi connectivity index (χ0v) is 11.9. The van der Waals surface area contributed by atoms with E-state index in [1.807, 2.05) is 0 Å². The van der Waals surface area contributed by atoms with Gasteiger partial charge in [-0.05, 0) is 0 Å². The summed E-state index contributed by atoms with van der Waals surface area (Å²) >= 11 is 0. The van der Waals surface area contributed by atoms with Crippen LogP contribution in [0.5, 0.6) is 0 Å². The number of hydrogen-bond donors (Lipinski definition) is 4. The van der Waals surface area contributed by atoms with Crippen LogP contribution < -0.4 is 10.0 Å². The molecule has 116 valence electrons. The van der Waals surface area contributed by atoms with Crippen molar-refractivity contribution in [2.45, 2.75) is 25.5 Å². The van der Waals surface area contributed by atoms with Crippen LogP contribution in [-0.4, -0.2) is 73.1 Å². The fourth-order valence-electron chi connectivity index (χ4n) is 1.96. The molecular weight excluding hydrogens is 290 g/mol. The average molecular weight is 309 g/mol. The predicted octanol–water partition coefficient (Wildman–Crippen LogP) is -1.84. The maximum atomic E-state index is 11.8. The topological polar surface area (TPSA) is 136 Å². The number of aliphatic hydroxyl groups is 1. The molecule has 0 aromatic carbocycles. The molecule has 0 saturated carbocycles. The van der Waals surface area contributed by atoms with Gasteiger partial charge in [-0.25, -0.2) is 22.7 Å². The van der Waals surface area contributed by atoms with Gasteiger partial charge in [0.05, 0.1) is 11.9 Å². The molecule has 1 aliphatic heterocycles. The van der Waals surface area contributed by atoms with Crippen molar-refractivity contribution in [3.63, 3.8) is 0 Å².